The average Bonchev–Trinajstić information content (AvgIpc) is 2.65. The summed E-state index contributed by atoms with van der Waals surface area (Å²) >= 11 is 0. The van der Waals surface area contributed by atoms with Crippen LogP contribution in [0.2, 0.25) is 0 Å². The molecule has 4 nitrogen and oxygen atoms in total. The Balaban J connectivity index is 1.88. The number of benzene rings is 1. The van der Waals surface area contributed by atoms with Crippen LogP contribution in [0.4, 0.5) is 5.69 Å². The normalized spacial score (nSPS) is 20.5. The third-order valence-corrected chi connectivity index (χ3v) is 5.40. The van der Waals surface area contributed by atoms with Gasteiger partial charge in [0.1, 0.15) is 5.75 Å². The average molecular weight is 361 g/mol. The largest absolute Gasteiger partial charge is 0.496 e. The lowest BCUT2D eigenvalue weighted by Crippen LogP contribution is -2.21. The fourth-order valence-electron chi connectivity index (χ4n) is 3.41. The Morgan fingerprint density at radius 3 is 2.62 bits per heavy atom. The van der Waals surface area contributed by atoms with E-state index in [9.17, 15) is 0 Å². The van der Waals surface area contributed by atoms with Crippen LogP contribution >= 0.6 is 0 Å². The van der Waals surface area contributed by atoms with Crippen LogP contribution in [0.5, 0.6) is 5.75 Å². The van der Waals surface area contributed by atoms with Crippen molar-refractivity contribution in [2.24, 2.45) is 10.9 Å². The molecule has 0 bridgehead atoms. The molecule has 26 heavy (non-hydrogen) atoms. The molecule has 1 aromatic carbocycles. The lowest BCUT2D eigenvalue weighted by Gasteiger charge is -2.26. The molecule has 0 atom stereocenters. The van der Waals surface area contributed by atoms with Crippen LogP contribution < -0.4 is 4.74 Å². The minimum Gasteiger partial charge on any atom is -0.496 e. The van der Waals surface area contributed by atoms with Crippen LogP contribution in [0.25, 0.3) is 0 Å². The second-order valence-corrected chi connectivity index (χ2v) is 7.62. The van der Waals surface area contributed by atoms with Gasteiger partial charge in [-0.2, -0.15) is 0 Å². The van der Waals surface area contributed by atoms with Gasteiger partial charge >= 0.3 is 0 Å². The van der Waals surface area contributed by atoms with E-state index in [4.69, 9.17) is 9.47 Å². The Morgan fingerprint density at radius 2 is 1.96 bits per heavy atom. The summed E-state index contributed by atoms with van der Waals surface area (Å²) in [5, 5.41) is 0. The molecular weight excluding hydrogens is 324 g/mol. The Hall–Kier alpha value is -1.55. The summed E-state index contributed by atoms with van der Waals surface area (Å²) in [6, 6.07) is 4.26. The molecule has 2 rings (SSSR count). The monoisotopic (exact) mass is 360 g/mol. The van der Waals surface area contributed by atoms with Crippen LogP contribution in [-0.4, -0.2) is 44.7 Å². The highest BCUT2D eigenvalue weighted by atomic mass is 16.5. The van der Waals surface area contributed by atoms with E-state index in [1.807, 2.05) is 19.5 Å². The van der Waals surface area contributed by atoms with Gasteiger partial charge in [0.25, 0.3) is 0 Å². The van der Waals surface area contributed by atoms with Crippen LogP contribution in [0.15, 0.2) is 17.1 Å². The number of hydrogen-bond donors (Lipinski definition) is 0. The highest BCUT2D eigenvalue weighted by Crippen LogP contribution is 2.30. The summed E-state index contributed by atoms with van der Waals surface area (Å²) in [4.78, 5) is 6.64. The molecule has 1 aromatic rings. The molecule has 1 fully saturated rings. The second kappa shape index (κ2) is 10.6. The molecular formula is C22H36N2O2. The van der Waals surface area contributed by atoms with E-state index in [1.54, 1.807) is 7.11 Å². The van der Waals surface area contributed by atoms with Gasteiger partial charge in [-0.1, -0.05) is 13.0 Å². The summed E-state index contributed by atoms with van der Waals surface area (Å²) in [7, 11) is 3.76. The molecule has 0 saturated heterocycles. The van der Waals surface area contributed by atoms with Gasteiger partial charge < -0.3 is 14.4 Å². The molecule has 0 radical (unpaired) electrons. The zero-order valence-electron chi connectivity index (χ0n) is 17.3. The lowest BCUT2D eigenvalue weighted by molar-refractivity contribution is 0.0187. The van der Waals surface area contributed by atoms with Crippen molar-refractivity contribution in [3.05, 3.63) is 23.3 Å². The van der Waals surface area contributed by atoms with Crippen molar-refractivity contribution < 1.29 is 9.47 Å². The van der Waals surface area contributed by atoms with Crippen LogP contribution in [0, 0.1) is 12.8 Å². The van der Waals surface area contributed by atoms with E-state index < -0.39 is 0 Å². The molecule has 1 aliphatic rings. The zero-order chi connectivity index (χ0) is 18.9. The number of methoxy groups -OCH3 is 1. The number of aliphatic imine (C=N–C) groups is 1. The molecule has 0 heterocycles. The van der Waals surface area contributed by atoms with Gasteiger partial charge in [0.05, 0.1) is 25.2 Å². The first kappa shape index (κ1) is 20.8. The fourth-order valence-corrected chi connectivity index (χ4v) is 3.41. The van der Waals surface area contributed by atoms with E-state index in [0.29, 0.717) is 6.10 Å². The van der Waals surface area contributed by atoms with E-state index in [2.05, 4.69) is 36.7 Å². The van der Waals surface area contributed by atoms with Crippen molar-refractivity contribution in [1.29, 1.82) is 0 Å². The van der Waals surface area contributed by atoms with Gasteiger partial charge in [0.15, 0.2) is 0 Å². The quantitative estimate of drug-likeness (QED) is 0.347. The van der Waals surface area contributed by atoms with Gasteiger partial charge in [-0.05, 0) is 69.4 Å². The SMILES string of the molecule is CCN(C)/C=N/c1cc(OC)c(CCCO[C@H]2CC[C@H](C)CC2)cc1C. The first-order chi connectivity index (χ1) is 12.5. The molecule has 0 unspecified atom stereocenters. The van der Waals surface area contributed by atoms with E-state index in [1.165, 1.54) is 36.8 Å². The summed E-state index contributed by atoms with van der Waals surface area (Å²) in [5.74, 6) is 1.80. The predicted molar refractivity (Wildman–Crippen MR) is 110 cm³/mol. The van der Waals surface area contributed by atoms with Gasteiger partial charge in [-0.15, -0.1) is 0 Å². The Morgan fingerprint density at radius 1 is 1.23 bits per heavy atom. The second-order valence-electron chi connectivity index (χ2n) is 7.62. The van der Waals surface area contributed by atoms with Gasteiger partial charge in [0, 0.05) is 26.3 Å². The summed E-state index contributed by atoms with van der Waals surface area (Å²) in [5.41, 5.74) is 3.40. The molecule has 0 amide bonds. The fraction of sp³-hybridized carbons (Fsp3) is 0.682. The topological polar surface area (TPSA) is 34.1 Å². The van der Waals surface area contributed by atoms with Gasteiger partial charge in [-0.25, -0.2) is 4.99 Å². The highest BCUT2D eigenvalue weighted by molar-refractivity contribution is 5.64. The van der Waals surface area contributed by atoms with Crippen LogP contribution in [0.1, 0.15) is 57.1 Å². The third-order valence-electron chi connectivity index (χ3n) is 5.40. The maximum Gasteiger partial charge on any atom is 0.124 e. The standard InChI is InChI=1S/C22H36N2O2/c1-6-24(4)16-23-21-15-22(25-5)19(14-18(21)3)8-7-13-26-20-11-9-17(2)10-12-20/h14-17,20H,6-13H2,1-5H3/b23-16+/t17-,20-. The van der Waals surface area contributed by atoms with Crippen molar-refractivity contribution in [2.75, 3.05) is 27.3 Å². The summed E-state index contributed by atoms with van der Waals surface area (Å²) in [6.07, 6.45) is 9.43. The maximum atomic E-state index is 6.09. The zero-order valence-corrected chi connectivity index (χ0v) is 17.3. The molecule has 0 spiro atoms. The Bertz CT molecular complexity index is 578. The first-order valence-corrected chi connectivity index (χ1v) is 10.1. The number of aryl methyl sites for hydroxylation is 2. The third kappa shape index (κ3) is 6.31. The van der Waals surface area contributed by atoms with E-state index in [0.717, 1.165) is 43.3 Å². The molecule has 1 aliphatic carbocycles. The van der Waals surface area contributed by atoms with Gasteiger partial charge in [-0.3, -0.25) is 0 Å². The predicted octanol–water partition coefficient (Wildman–Crippen LogP) is 5.14. The first-order valence-electron chi connectivity index (χ1n) is 10.1. The van der Waals surface area contributed by atoms with E-state index >= 15 is 0 Å². The van der Waals surface area contributed by atoms with Crippen LogP contribution in [0.3, 0.4) is 0 Å². The Labute approximate surface area is 159 Å². The van der Waals surface area contributed by atoms with E-state index in [-0.39, 0.29) is 0 Å². The number of hydrogen-bond acceptors (Lipinski definition) is 3. The summed E-state index contributed by atoms with van der Waals surface area (Å²) < 4.78 is 11.7. The molecule has 4 heteroatoms. The molecule has 1 saturated carbocycles. The van der Waals surface area contributed by atoms with Crippen molar-refractivity contribution in [1.82, 2.24) is 4.90 Å². The number of nitrogens with zero attached hydrogens (tertiary/aromatic N) is 2. The van der Waals surface area contributed by atoms with Crippen LogP contribution in [-0.2, 0) is 11.2 Å². The molecule has 0 aliphatic heterocycles. The number of ether oxygens (including phenoxy) is 2. The molecule has 146 valence electrons. The smallest absolute Gasteiger partial charge is 0.124 e. The van der Waals surface area contributed by atoms with Crippen molar-refractivity contribution in [3.63, 3.8) is 0 Å². The number of rotatable bonds is 9. The summed E-state index contributed by atoms with van der Waals surface area (Å²) in [6.45, 7) is 8.35. The van der Waals surface area contributed by atoms with Crippen molar-refractivity contribution in [2.45, 2.75) is 65.4 Å². The highest BCUT2D eigenvalue weighted by Gasteiger charge is 2.18. The molecule has 0 aromatic heterocycles. The minimum absolute atomic E-state index is 0.474. The van der Waals surface area contributed by atoms with Crippen molar-refractivity contribution in [3.8, 4) is 5.75 Å². The molecule has 0 N–H and O–H groups in total. The lowest BCUT2D eigenvalue weighted by atomic mass is 9.89. The minimum atomic E-state index is 0.474. The maximum absolute atomic E-state index is 6.09. The van der Waals surface area contributed by atoms with Gasteiger partial charge in [0.2, 0.25) is 0 Å². The van der Waals surface area contributed by atoms with Crippen molar-refractivity contribution >= 4 is 12.0 Å². The Kier molecular flexibility index (Phi) is 8.43.